The summed E-state index contributed by atoms with van der Waals surface area (Å²) in [5, 5.41) is 69.7. The molecule has 0 unspecified atom stereocenters. The van der Waals surface area contributed by atoms with Gasteiger partial charge in [0, 0.05) is 0 Å². The zero-order chi connectivity index (χ0) is 17.4. The molecule has 1 rings (SSSR count). The lowest BCUT2D eigenvalue weighted by Crippen LogP contribution is -2.53. The summed E-state index contributed by atoms with van der Waals surface area (Å²) in [6, 6.07) is 8.75. The highest BCUT2D eigenvalue weighted by Gasteiger charge is 2.36. The van der Waals surface area contributed by atoms with Gasteiger partial charge in [0.1, 0.15) is 36.6 Å². The Hall–Kier alpha value is -1.59. The molecule has 0 spiro atoms. The molecule has 1 aromatic carbocycles. The third kappa shape index (κ3) is 5.84. The fraction of sp³-hybridized carbons (Fsp3) is 0.500. The third-order valence-corrected chi connectivity index (χ3v) is 3.18. The van der Waals surface area contributed by atoms with Crippen molar-refractivity contribution in [3.05, 3.63) is 30.3 Å². The van der Waals surface area contributed by atoms with Crippen molar-refractivity contribution in [2.75, 3.05) is 12.0 Å². The molecule has 9 nitrogen and oxygen atoms in total. The maximum atomic E-state index is 9.72. The Bertz CT molecular complexity index is 473. The van der Waals surface area contributed by atoms with Gasteiger partial charge in [-0.3, -0.25) is 5.43 Å². The molecule has 23 heavy (non-hydrogen) atoms. The highest BCUT2D eigenvalue weighted by atomic mass is 16.4. The number of aliphatic hydroxyl groups excluding tert-OH is 7. The van der Waals surface area contributed by atoms with E-state index in [1.54, 1.807) is 30.3 Å². The fourth-order valence-electron chi connectivity index (χ4n) is 1.73. The summed E-state index contributed by atoms with van der Waals surface area (Å²) in [4.78, 5) is 0. The summed E-state index contributed by atoms with van der Waals surface area (Å²) in [5.41, 5.74) is 3.21. The zero-order valence-electron chi connectivity index (χ0n) is 12.2. The van der Waals surface area contributed by atoms with Crippen molar-refractivity contribution >= 4 is 11.9 Å². The largest absolute Gasteiger partial charge is 0.394 e. The number of aliphatic hydroxyl groups is 7. The monoisotopic (exact) mass is 330 g/mol. The number of nitrogens with one attached hydrogen (secondary N) is 1. The van der Waals surface area contributed by atoms with Crippen molar-refractivity contribution in [2.45, 2.75) is 36.6 Å². The summed E-state index contributed by atoms with van der Waals surface area (Å²) >= 11 is 0. The first kappa shape index (κ1) is 19.5. The number of hydrogen-bond donors (Lipinski definition) is 8. The van der Waals surface area contributed by atoms with Crippen LogP contribution < -0.4 is 5.43 Å². The fourth-order valence-corrected chi connectivity index (χ4v) is 1.73. The van der Waals surface area contributed by atoms with Crippen molar-refractivity contribution in [2.24, 2.45) is 5.10 Å². The van der Waals surface area contributed by atoms with Crippen LogP contribution in [0.3, 0.4) is 0 Å². The molecule has 0 aliphatic heterocycles. The van der Waals surface area contributed by atoms with E-state index in [4.69, 9.17) is 5.11 Å². The molecule has 0 aromatic heterocycles. The lowest BCUT2D eigenvalue weighted by molar-refractivity contribution is -0.150. The smallest absolute Gasteiger partial charge is 0.119 e. The molecular weight excluding hydrogens is 308 g/mol. The number of hydrazone groups is 1. The predicted octanol–water partition coefficient (Wildman–Crippen LogP) is -2.76. The average molecular weight is 330 g/mol. The SMILES string of the molecule is OC[C@H](O)[C@H](O)[C@H](O)[C@H](O)[C@H](O)[C@@H](O)/C=N\Nc1ccccc1. The number of anilines is 1. The first-order valence-electron chi connectivity index (χ1n) is 6.92. The molecule has 130 valence electrons. The molecule has 0 aliphatic carbocycles. The van der Waals surface area contributed by atoms with Crippen LogP contribution in [0, 0.1) is 0 Å². The van der Waals surface area contributed by atoms with E-state index >= 15 is 0 Å². The molecule has 0 radical (unpaired) electrons. The first-order chi connectivity index (χ1) is 10.9. The number of hydrogen-bond acceptors (Lipinski definition) is 9. The summed E-state index contributed by atoms with van der Waals surface area (Å²) in [7, 11) is 0. The number of benzene rings is 1. The Labute approximate surface area is 132 Å². The Morgan fingerprint density at radius 1 is 0.870 bits per heavy atom. The van der Waals surface area contributed by atoms with E-state index in [2.05, 4.69) is 10.5 Å². The van der Waals surface area contributed by atoms with Crippen molar-refractivity contribution in [3.63, 3.8) is 0 Å². The Morgan fingerprint density at radius 3 is 2.00 bits per heavy atom. The Morgan fingerprint density at radius 2 is 1.43 bits per heavy atom. The van der Waals surface area contributed by atoms with Gasteiger partial charge < -0.3 is 35.7 Å². The molecule has 0 amide bonds. The van der Waals surface area contributed by atoms with E-state index in [1.165, 1.54) is 0 Å². The van der Waals surface area contributed by atoms with Gasteiger partial charge in [-0.25, -0.2) is 0 Å². The predicted molar refractivity (Wildman–Crippen MR) is 81.7 cm³/mol. The lowest BCUT2D eigenvalue weighted by Gasteiger charge is -2.29. The molecule has 0 heterocycles. The van der Waals surface area contributed by atoms with Crippen LogP contribution in [-0.2, 0) is 0 Å². The molecular formula is C14H22N2O7. The van der Waals surface area contributed by atoms with Crippen molar-refractivity contribution in [1.29, 1.82) is 0 Å². The number of para-hydroxylation sites is 1. The van der Waals surface area contributed by atoms with Crippen LogP contribution in [0.5, 0.6) is 0 Å². The van der Waals surface area contributed by atoms with Gasteiger partial charge >= 0.3 is 0 Å². The van der Waals surface area contributed by atoms with Crippen LogP contribution in [0.2, 0.25) is 0 Å². The molecule has 0 saturated heterocycles. The van der Waals surface area contributed by atoms with Crippen LogP contribution in [0.25, 0.3) is 0 Å². The van der Waals surface area contributed by atoms with Gasteiger partial charge in [-0.1, -0.05) is 18.2 Å². The summed E-state index contributed by atoms with van der Waals surface area (Å²) in [5.74, 6) is 0. The number of nitrogens with zero attached hydrogens (tertiary/aromatic N) is 1. The van der Waals surface area contributed by atoms with E-state index in [1.807, 2.05) is 0 Å². The quantitative estimate of drug-likeness (QED) is 0.178. The van der Waals surface area contributed by atoms with Crippen LogP contribution in [0.4, 0.5) is 5.69 Å². The zero-order valence-corrected chi connectivity index (χ0v) is 12.2. The van der Waals surface area contributed by atoms with Crippen LogP contribution in [0.1, 0.15) is 0 Å². The van der Waals surface area contributed by atoms with Gasteiger partial charge in [0.15, 0.2) is 0 Å². The average Bonchev–Trinajstić information content (AvgIpc) is 2.59. The van der Waals surface area contributed by atoms with E-state index in [0.717, 1.165) is 6.21 Å². The molecule has 0 fully saturated rings. The van der Waals surface area contributed by atoms with Gasteiger partial charge in [-0.2, -0.15) is 5.10 Å². The molecule has 0 saturated carbocycles. The van der Waals surface area contributed by atoms with Gasteiger partial charge in [0.05, 0.1) is 18.5 Å². The second-order valence-corrected chi connectivity index (χ2v) is 4.96. The Kier molecular flexibility index (Phi) is 8.06. The van der Waals surface area contributed by atoms with Crippen molar-refractivity contribution < 1.29 is 35.7 Å². The van der Waals surface area contributed by atoms with Crippen molar-refractivity contribution in [1.82, 2.24) is 0 Å². The molecule has 1 aromatic rings. The van der Waals surface area contributed by atoms with E-state index in [0.29, 0.717) is 5.69 Å². The maximum absolute atomic E-state index is 9.72. The molecule has 0 aliphatic rings. The van der Waals surface area contributed by atoms with Gasteiger partial charge in [-0.15, -0.1) is 0 Å². The highest BCUT2D eigenvalue weighted by Crippen LogP contribution is 2.11. The minimum absolute atomic E-state index is 0.632. The third-order valence-electron chi connectivity index (χ3n) is 3.18. The highest BCUT2D eigenvalue weighted by molar-refractivity contribution is 5.65. The summed E-state index contributed by atoms with van der Waals surface area (Å²) in [6.45, 7) is -0.841. The molecule has 9 heteroatoms. The molecule has 0 bridgehead atoms. The number of rotatable bonds is 9. The Balaban J connectivity index is 2.55. The van der Waals surface area contributed by atoms with Crippen LogP contribution in [0.15, 0.2) is 35.4 Å². The second-order valence-electron chi connectivity index (χ2n) is 4.96. The van der Waals surface area contributed by atoms with Crippen molar-refractivity contribution in [3.8, 4) is 0 Å². The summed E-state index contributed by atoms with van der Waals surface area (Å²) in [6.07, 6.45) is -10.1. The first-order valence-corrected chi connectivity index (χ1v) is 6.92. The van der Waals surface area contributed by atoms with Crippen LogP contribution >= 0.6 is 0 Å². The minimum atomic E-state index is -1.97. The molecule has 6 atom stereocenters. The molecule has 8 N–H and O–H groups in total. The van der Waals surface area contributed by atoms with Crippen LogP contribution in [-0.4, -0.2) is 85.2 Å². The minimum Gasteiger partial charge on any atom is -0.394 e. The van der Waals surface area contributed by atoms with Gasteiger partial charge in [0.25, 0.3) is 0 Å². The second kappa shape index (κ2) is 9.53. The lowest BCUT2D eigenvalue weighted by atomic mass is 9.97. The van der Waals surface area contributed by atoms with Gasteiger partial charge in [-0.05, 0) is 12.1 Å². The van der Waals surface area contributed by atoms with E-state index in [9.17, 15) is 30.6 Å². The summed E-state index contributed by atoms with van der Waals surface area (Å²) < 4.78 is 0. The maximum Gasteiger partial charge on any atom is 0.119 e. The normalized spacial score (nSPS) is 19.8. The van der Waals surface area contributed by atoms with E-state index < -0.39 is 43.2 Å². The van der Waals surface area contributed by atoms with Gasteiger partial charge in [0.2, 0.25) is 0 Å². The topological polar surface area (TPSA) is 166 Å². The van der Waals surface area contributed by atoms with E-state index in [-0.39, 0.29) is 0 Å². The standard InChI is InChI=1S/C14H22N2O7/c17-7-10(19)12(21)14(23)13(22)11(20)9(18)6-15-16-8-4-2-1-3-5-8/h1-6,9-14,16-23H,7H2/b15-6-/t9-,10-,11+,12-,13+,14-/m0/s1.